The number of nitrogens with one attached hydrogen (secondary N) is 1. The van der Waals surface area contributed by atoms with Gasteiger partial charge in [-0.05, 0) is 74.4 Å². The van der Waals surface area contributed by atoms with Gasteiger partial charge in [0.25, 0.3) is 11.8 Å². The molecule has 4 aromatic carbocycles. The number of fused-ring (bicyclic) bond motifs is 1. The Labute approximate surface area is 244 Å². The van der Waals surface area contributed by atoms with E-state index in [1.807, 2.05) is 49.4 Å². The Hall–Kier alpha value is -5.24. The molecule has 0 aliphatic carbocycles. The summed E-state index contributed by atoms with van der Waals surface area (Å²) < 4.78 is 0. The lowest BCUT2D eigenvalue weighted by Gasteiger charge is -2.37. The molecule has 0 unspecified atom stereocenters. The lowest BCUT2D eigenvalue weighted by Crippen LogP contribution is -2.49. The number of carboxylic acid groups (broad SMARTS) is 1. The number of amides is 3. The van der Waals surface area contributed by atoms with Crippen molar-refractivity contribution in [2.24, 2.45) is 0 Å². The van der Waals surface area contributed by atoms with E-state index in [0.717, 1.165) is 16.7 Å². The Bertz CT molecular complexity index is 1680. The third-order valence-corrected chi connectivity index (χ3v) is 7.32. The molecule has 0 radical (unpaired) electrons. The van der Waals surface area contributed by atoms with E-state index >= 15 is 0 Å². The van der Waals surface area contributed by atoms with Gasteiger partial charge in [0.2, 0.25) is 5.91 Å². The molecule has 0 spiro atoms. The third-order valence-electron chi connectivity index (χ3n) is 7.32. The predicted molar refractivity (Wildman–Crippen MR) is 163 cm³/mol. The molecule has 1 aliphatic rings. The van der Waals surface area contributed by atoms with E-state index in [1.165, 1.54) is 4.90 Å². The molecule has 0 saturated heterocycles. The number of hydrogen-bond acceptors (Lipinski definition) is 4. The fraction of sp³-hybridized carbons (Fsp3) is 0.176. The number of aryl methyl sites for hydroxylation is 1. The molecule has 1 heterocycles. The summed E-state index contributed by atoms with van der Waals surface area (Å²) in [4.78, 5) is 54.6. The zero-order chi connectivity index (χ0) is 30.0. The molecule has 2 N–H and O–H groups in total. The summed E-state index contributed by atoms with van der Waals surface area (Å²) in [5.74, 6) is -2.14. The topological polar surface area (TPSA) is 107 Å². The van der Waals surface area contributed by atoms with Crippen LogP contribution in [0.1, 0.15) is 46.5 Å². The summed E-state index contributed by atoms with van der Waals surface area (Å²) in [6.07, 6.45) is -0.0603. The molecule has 8 heteroatoms. The number of benzene rings is 4. The Morgan fingerprint density at radius 1 is 0.833 bits per heavy atom. The van der Waals surface area contributed by atoms with Gasteiger partial charge in [-0.3, -0.25) is 24.1 Å². The lowest BCUT2D eigenvalue weighted by atomic mass is 9.96. The molecule has 42 heavy (non-hydrogen) atoms. The molecule has 8 nitrogen and oxygen atoms in total. The zero-order valence-electron chi connectivity index (χ0n) is 23.6. The highest BCUT2D eigenvalue weighted by Crippen LogP contribution is 2.40. The van der Waals surface area contributed by atoms with Gasteiger partial charge in [0.15, 0.2) is 0 Å². The minimum Gasteiger partial charge on any atom is -0.480 e. The van der Waals surface area contributed by atoms with Crippen LogP contribution in [-0.2, 0) is 9.59 Å². The molecule has 0 fully saturated rings. The van der Waals surface area contributed by atoms with Crippen LogP contribution in [0.4, 0.5) is 17.1 Å². The molecule has 0 saturated carbocycles. The van der Waals surface area contributed by atoms with Gasteiger partial charge < -0.3 is 15.3 Å². The van der Waals surface area contributed by atoms with Gasteiger partial charge in [-0.1, -0.05) is 60.2 Å². The van der Waals surface area contributed by atoms with Crippen molar-refractivity contribution in [3.05, 3.63) is 114 Å². The summed E-state index contributed by atoms with van der Waals surface area (Å²) in [7, 11) is 0. The van der Waals surface area contributed by atoms with Crippen LogP contribution in [0.3, 0.4) is 0 Å². The summed E-state index contributed by atoms with van der Waals surface area (Å²) in [6.45, 7) is 5.07. The van der Waals surface area contributed by atoms with Gasteiger partial charge >= 0.3 is 5.97 Å². The first-order valence-electron chi connectivity index (χ1n) is 13.6. The van der Waals surface area contributed by atoms with Gasteiger partial charge in [-0.2, -0.15) is 0 Å². The smallest absolute Gasteiger partial charge is 0.323 e. The number of hydrogen-bond donors (Lipinski definition) is 2. The van der Waals surface area contributed by atoms with E-state index in [1.54, 1.807) is 73.3 Å². The van der Waals surface area contributed by atoms with E-state index < -0.39 is 18.1 Å². The van der Waals surface area contributed by atoms with Crippen molar-refractivity contribution in [1.82, 2.24) is 0 Å². The summed E-state index contributed by atoms with van der Waals surface area (Å²) in [6, 6.07) is 28.8. The van der Waals surface area contributed by atoms with Crippen LogP contribution in [0.2, 0.25) is 0 Å². The van der Waals surface area contributed by atoms with Crippen molar-refractivity contribution >= 4 is 40.8 Å². The van der Waals surface area contributed by atoms with Crippen LogP contribution >= 0.6 is 0 Å². The summed E-state index contributed by atoms with van der Waals surface area (Å²) in [5, 5.41) is 12.4. The maximum Gasteiger partial charge on any atom is 0.323 e. The van der Waals surface area contributed by atoms with Crippen molar-refractivity contribution in [2.75, 3.05) is 21.7 Å². The van der Waals surface area contributed by atoms with Gasteiger partial charge in [0.1, 0.15) is 6.54 Å². The Morgan fingerprint density at radius 2 is 1.45 bits per heavy atom. The largest absolute Gasteiger partial charge is 0.480 e. The Balaban J connectivity index is 1.41. The number of carboxylic acids is 1. The van der Waals surface area contributed by atoms with E-state index in [-0.39, 0.29) is 24.1 Å². The molecule has 212 valence electrons. The minimum absolute atomic E-state index is 0.0603. The van der Waals surface area contributed by atoms with Gasteiger partial charge in [-0.25, -0.2) is 0 Å². The number of aliphatic carboxylic acids is 1. The van der Waals surface area contributed by atoms with E-state index in [9.17, 15) is 24.3 Å². The summed E-state index contributed by atoms with van der Waals surface area (Å²) in [5.41, 5.74) is 4.16. The second kappa shape index (κ2) is 11.3. The Kier molecular flexibility index (Phi) is 7.63. The molecule has 0 atom stereocenters. The number of para-hydroxylation sites is 2. The SMILES string of the molecule is Cc1ccc(-c2ccccc2C(=O)Nc2ccc(C(=O)N3c4ccccc4N(CC(=O)O)C(=O)CC3(C)C)cc2)cc1. The first-order valence-corrected chi connectivity index (χ1v) is 13.6. The molecule has 3 amide bonds. The lowest BCUT2D eigenvalue weighted by molar-refractivity contribution is -0.136. The predicted octanol–water partition coefficient (Wildman–Crippen LogP) is 6.16. The van der Waals surface area contributed by atoms with E-state index in [2.05, 4.69) is 5.32 Å². The molecule has 5 rings (SSSR count). The summed E-state index contributed by atoms with van der Waals surface area (Å²) >= 11 is 0. The standard InChI is InChI=1S/C34H31N3O5/c1-22-12-14-23(15-13-22)26-8-4-5-9-27(26)32(41)35-25-18-16-24(17-19-25)33(42)37-29-11-7-6-10-28(29)36(21-31(39)40)30(38)20-34(37,2)3/h4-19H,20-21H2,1-3H3,(H,35,41)(H,39,40). The van der Waals surface area contributed by atoms with Gasteiger partial charge in [0, 0.05) is 16.8 Å². The monoisotopic (exact) mass is 561 g/mol. The van der Waals surface area contributed by atoms with Crippen molar-refractivity contribution in [3.63, 3.8) is 0 Å². The van der Waals surface area contributed by atoms with Crippen molar-refractivity contribution in [3.8, 4) is 11.1 Å². The van der Waals surface area contributed by atoms with Crippen molar-refractivity contribution in [1.29, 1.82) is 0 Å². The van der Waals surface area contributed by atoms with Crippen LogP contribution in [0.15, 0.2) is 97.1 Å². The number of rotatable bonds is 6. The molecule has 0 bridgehead atoms. The number of carbonyl (C=O) groups is 4. The maximum atomic E-state index is 13.9. The van der Waals surface area contributed by atoms with E-state index in [4.69, 9.17) is 0 Å². The average molecular weight is 562 g/mol. The molecule has 4 aromatic rings. The number of carbonyl (C=O) groups excluding carboxylic acids is 3. The average Bonchev–Trinajstić information content (AvgIpc) is 3.04. The highest BCUT2D eigenvalue weighted by molar-refractivity contribution is 6.13. The maximum absolute atomic E-state index is 13.9. The second-order valence-electron chi connectivity index (χ2n) is 10.9. The van der Waals surface area contributed by atoms with Gasteiger partial charge in [-0.15, -0.1) is 0 Å². The molecular weight excluding hydrogens is 530 g/mol. The highest BCUT2D eigenvalue weighted by Gasteiger charge is 2.41. The van der Waals surface area contributed by atoms with Crippen LogP contribution < -0.4 is 15.1 Å². The van der Waals surface area contributed by atoms with Crippen LogP contribution in [0.25, 0.3) is 11.1 Å². The van der Waals surface area contributed by atoms with Crippen molar-refractivity contribution in [2.45, 2.75) is 32.7 Å². The first kappa shape index (κ1) is 28.3. The van der Waals surface area contributed by atoms with Crippen molar-refractivity contribution < 1.29 is 24.3 Å². The Morgan fingerprint density at radius 3 is 2.12 bits per heavy atom. The zero-order valence-corrected chi connectivity index (χ0v) is 23.6. The van der Waals surface area contributed by atoms with Crippen LogP contribution in [0, 0.1) is 6.92 Å². The fourth-order valence-electron chi connectivity index (χ4n) is 5.27. The van der Waals surface area contributed by atoms with Gasteiger partial charge in [0.05, 0.1) is 23.3 Å². The number of nitrogens with zero attached hydrogens (tertiary/aromatic N) is 2. The first-order chi connectivity index (χ1) is 20.0. The molecule has 0 aromatic heterocycles. The fourth-order valence-corrected chi connectivity index (χ4v) is 5.27. The highest BCUT2D eigenvalue weighted by atomic mass is 16.4. The molecule has 1 aliphatic heterocycles. The number of anilines is 3. The minimum atomic E-state index is -1.14. The van der Waals surface area contributed by atoms with Crippen LogP contribution in [0.5, 0.6) is 0 Å². The third kappa shape index (κ3) is 5.65. The second-order valence-corrected chi connectivity index (χ2v) is 10.9. The van der Waals surface area contributed by atoms with Crippen LogP contribution in [-0.4, -0.2) is 40.9 Å². The molecular formula is C34H31N3O5. The quantitative estimate of drug-likeness (QED) is 0.293. The van der Waals surface area contributed by atoms with E-state index in [0.29, 0.717) is 28.2 Å². The normalized spacial score (nSPS) is 14.1.